The topological polar surface area (TPSA) is 60.7 Å². The Labute approximate surface area is 145 Å². The first-order valence-corrected chi connectivity index (χ1v) is 8.02. The van der Waals surface area contributed by atoms with Gasteiger partial charge in [0, 0.05) is 30.6 Å². The Morgan fingerprint density at radius 3 is 2.60 bits per heavy atom. The van der Waals surface area contributed by atoms with Crippen molar-refractivity contribution >= 4 is 16.7 Å². The average molecular weight is 328 g/mol. The Morgan fingerprint density at radius 1 is 1.00 bits per heavy atom. The van der Waals surface area contributed by atoms with Crippen molar-refractivity contribution in [1.29, 1.82) is 0 Å². The molecule has 122 valence electrons. The molecule has 5 heteroatoms. The van der Waals surface area contributed by atoms with E-state index in [9.17, 15) is 4.79 Å². The molecule has 0 N–H and O–H groups in total. The van der Waals surface area contributed by atoms with E-state index in [1.807, 2.05) is 42.6 Å². The maximum atomic E-state index is 12.3. The number of aryl methyl sites for hydroxylation is 1. The van der Waals surface area contributed by atoms with Crippen molar-refractivity contribution < 1.29 is 4.79 Å². The Balaban J connectivity index is 1.63. The van der Waals surface area contributed by atoms with Gasteiger partial charge >= 0.3 is 0 Å². The van der Waals surface area contributed by atoms with E-state index >= 15 is 0 Å². The number of carbonyl (C=O) groups excluding carboxylic acids is 1. The number of Topliss-reactive ketones (excluding diaryl/α,β-unsaturated/α-hetero) is 1. The maximum Gasteiger partial charge on any atom is 0.204 e. The molecule has 0 atom stereocenters. The fraction of sp³-hybridized carbons (Fsp3) is 0.100. The zero-order valence-corrected chi connectivity index (χ0v) is 13.8. The maximum absolute atomic E-state index is 12.3. The molecule has 25 heavy (non-hydrogen) atoms. The summed E-state index contributed by atoms with van der Waals surface area (Å²) in [6.45, 7) is 0. The summed E-state index contributed by atoms with van der Waals surface area (Å²) in [6.07, 6.45) is 3.54. The average Bonchev–Trinajstić information content (AvgIpc) is 3.08. The Bertz CT molecular complexity index is 1050. The van der Waals surface area contributed by atoms with Crippen molar-refractivity contribution in [2.24, 2.45) is 7.05 Å². The molecule has 0 aliphatic heterocycles. The highest BCUT2D eigenvalue weighted by atomic mass is 16.1. The van der Waals surface area contributed by atoms with Gasteiger partial charge in [-0.3, -0.25) is 9.78 Å². The number of fused-ring (bicyclic) bond motifs is 1. The van der Waals surface area contributed by atoms with Crippen LogP contribution in [0.5, 0.6) is 0 Å². The smallest absolute Gasteiger partial charge is 0.204 e. The second-order valence-electron chi connectivity index (χ2n) is 5.92. The highest BCUT2D eigenvalue weighted by molar-refractivity contribution is 5.95. The van der Waals surface area contributed by atoms with Crippen LogP contribution in [-0.2, 0) is 13.5 Å². The number of pyridine rings is 1. The van der Waals surface area contributed by atoms with Crippen molar-refractivity contribution in [3.8, 4) is 11.1 Å². The van der Waals surface area contributed by atoms with Gasteiger partial charge in [0.2, 0.25) is 5.78 Å². The fourth-order valence-electron chi connectivity index (χ4n) is 2.88. The third-order valence-electron chi connectivity index (χ3n) is 4.18. The van der Waals surface area contributed by atoms with Crippen LogP contribution in [0, 0.1) is 0 Å². The van der Waals surface area contributed by atoms with Crippen LogP contribution >= 0.6 is 0 Å². The molecule has 2 heterocycles. The number of ketones is 1. The lowest BCUT2D eigenvalue weighted by atomic mass is 10.0. The van der Waals surface area contributed by atoms with E-state index in [-0.39, 0.29) is 12.2 Å². The van der Waals surface area contributed by atoms with Crippen LogP contribution in [-0.4, -0.2) is 25.5 Å². The van der Waals surface area contributed by atoms with Gasteiger partial charge in [-0.05, 0) is 23.3 Å². The van der Waals surface area contributed by atoms with Gasteiger partial charge in [0.1, 0.15) is 6.33 Å². The van der Waals surface area contributed by atoms with E-state index in [1.165, 1.54) is 11.0 Å². The van der Waals surface area contributed by atoms with E-state index in [0.29, 0.717) is 5.82 Å². The summed E-state index contributed by atoms with van der Waals surface area (Å²) in [7, 11) is 1.72. The highest BCUT2D eigenvalue weighted by Gasteiger charge is 2.13. The molecule has 0 bridgehead atoms. The lowest BCUT2D eigenvalue weighted by Crippen LogP contribution is -2.11. The lowest BCUT2D eigenvalue weighted by molar-refractivity contribution is 0.0979. The van der Waals surface area contributed by atoms with Gasteiger partial charge in [0.15, 0.2) is 5.82 Å². The molecule has 0 aliphatic carbocycles. The molecule has 4 rings (SSSR count). The number of hydrogen-bond donors (Lipinski definition) is 0. The molecule has 4 aromatic rings. The molecular weight excluding hydrogens is 312 g/mol. The Kier molecular flexibility index (Phi) is 3.82. The minimum Gasteiger partial charge on any atom is -0.290 e. The monoisotopic (exact) mass is 328 g/mol. The van der Waals surface area contributed by atoms with Crippen LogP contribution < -0.4 is 0 Å². The number of hydrogen-bond acceptors (Lipinski definition) is 4. The van der Waals surface area contributed by atoms with Crippen molar-refractivity contribution in [2.75, 3.05) is 0 Å². The molecule has 0 spiro atoms. The van der Waals surface area contributed by atoms with E-state index in [1.54, 1.807) is 7.05 Å². The number of rotatable bonds is 4. The van der Waals surface area contributed by atoms with Crippen LogP contribution in [0.15, 0.2) is 67.1 Å². The molecule has 2 aromatic heterocycles. The van der Waals surface area contributed by atoms with Crippen molar-refractivity contribution in [3.63, 3.8) is 0 Å². The van der Waals surface area contributed by atoms with Gasteiger partial charge in [-0.25, -0.2) is 9.67 Å². The normalized spacial score (nSPS) is 10.9. The third kappa shape index (κ3) is 3.04. The summed E-state index contributed by atoms with van der Waals surface area (Å²) in [5.74, 6) is 0.313. The van der Waals surface area contributed by atoms with Gasteiger partial charge in [-0.15, -0.1) is 0 Å². The molecule has 0 saturated heterocycles. The zero-order chi connectivity index (χ0) is 17.2. The second kappa shape index (κ2) is 6.28. The molecule has 2 aromatic carbocycles. The lowest BCUT2D eigenvalue weighted by Gasteiger charge is -2.06. The molecule has 0 amide bonds. The van der Waals surface area contributed by atoms with Gasteiger partial charge in [-0.2, -0.15) is 5.10 Å². The summed E-state index contributed by atoms with van der Waals surface area (Å²) in [6, 6.07) is 18.2. The summed E-state index contributed by atoms with van der Waals surface area (Å²) in [5, 5.41) is 4.99. The molecule has 0 saturated carbocycles. The quantitative estimate of drug-likeness (QED) is 0.538. The molecule has 0 fully saturated rings. The van der Waals surface area contributed by atoms with E-state index in [2.05, 4.69) is 33.3 Å². The predicted molar refractivity (Wildman–Crippen MR) is 96.2 cm³/mol. The highest BCUT2D eigenvalue weighted by Crippen LogP contribution is 2.23. The van der Waals surface area contributed by atoms with Gasteiger partial charge in [-0.1, -0.05) is 42.5 Å². The Hall–Kier alpha value is -3.34. The Morgan fingerprint density at radius 2 is 1.84 bits per heavy atom. The zero-order valence-electron chi connectivity index (χ0n) is 13.8. The summed E-state index contributed by atoms with van der Waals surface area (Å²) < 4.78 is 1.49. The van der Waals surface area contributed by atoms with Crippen molar-refractivity contribution in [3.05, 3.63) is 78.5 Å². The number of carbonyl (C=O) groups is 1. The van der Waals surface area contributed by atoms with E-state index in [4.69, 9.17) is 0 Å². The van der Waals surface area contributed by atoms with Crippen molar-refractivity contribution in [1.82, 2.24) is 19.7 Å². The molecule has 0 aliphatic rings. The summed E-state index contributed by atoms with van der Waals surface area (Å²) in [4.78, 5) is 20.9. The number of aromatic nitrogens is 4. The minimum absolute atomic E-state index is 0.0553. The first-order valence-electron chi connectivity index (χ1n) is 8.02. The molecule has 5 nitrogen and oxygen atoms in total. The molecular formula is C20H16N4O. The summed E-state index contributed by atoms with van der Waals surface area (Å²) in [5.41, 5.74) is 4.01. The predicted octanol–water partition coefficient (Wildman–Crippen LogP) is 3.46. The molecule has 0 unspecified atom stereocenters. The van der Waals surface area contributed by atoms with Crippen LogP contribution in [0.1, 0.15) is 16.2 Å². The van der Waals surface area contributed by atoms with E-state index < -0.39 is 0 Å². The summed E-state index contributed by atoms with van der Waals surface area (Å²) >= 11 is 0. The third-order valence-corrected chi connectivity index (χ3v) is 4.18. The van der Waals surface area contributed by atoms with Crippen LogP contribution in [0.4, 0.5) is 0 Å². The van der Waals surface area contributed by atoms with Gasteiger partial charge in [0.25, 0.3) is 0 Å². The second-order valence-corrected chi connectivity index (χ2v) is 5.92. The first kappa shape index (κ1) is 15.2. The van der Waals surface area contributed by atoms with Crippen LogP contribution in [0.25, 0.3) is 22.0 Å². The largest absolute Gasteiger partial charge is 0.290 e. The minimum atomic E-state index is -0.0553. The van der Waals surface area contributed by atoms with Gasteiger partial charge in [0.05, 0.1) is 5.52 Å². The van der Waals surface area contributed by atoms with Gasteiger partial charge < -0.3 is 0 Å². The first-order chi connectivity index (χ1) is 12.2. The SMILES string of the molecule is Cn1ncnc1C(=O)Cc1ccc2cc(-c3ccccc3)cnc2c1. The number of nitrogens with zero attached hydrogens (tertiary/aromatic N) is 4. The standard InChI is InChI=1S/C20H16N4O/c1-24-20(22-13-23-24)19(25)10-14-7-8-16-11-17(12-21-18(16)9-14)15-5-3-2-4-6-15/h2-9,11-13H,10H2,1H3. The van der Waals surface area contributed by atoms with Crippen molar-refractivity contribution in [2.45, 2.75) is 6.42 Å². The van der Waals surface area contributed by atoms with Crippen LogP contribution in [0.2, 0.25) is 0 Å². The van der Waals surface area contributed by atoms with Crippen LogP contribution in [0.3, 0.4) is 0 Å². The van der Waals surface area contributed by atoms with E-state index in [0.717, 1.165) is 27.6 Å². The fourth-order valence-corrected chi connectivity index (χ4v) is 2.88. The number of benzene rings is 2. The molecule has 0 radical (unpaired) electrons.